The normalized spacial score (nSPS) is 11.0. The van der Waals surface area contributed by atoms with Crippen molar-refractivity contribution in [2.75, 3.05) is 39.7 Å². The number of ether oxygens (including phenoxy) is 3. The Bertz CT molecular complexity index is 730. The van der Waals surface area contributed by atoms with E-state index in [1.165, 1.54) is 5.56 Å². The van der Waals surface area contributed by atoms with E-state index in [0.717, 1.165) is 36.8 Å². The summed E-state index contributed by atoms with van der Waals surface area (Å²) in [5.74, 6) is 3.02. The average Bonchev–Trinajstić information content (AvgIpc) is 2.71. The first-order valence-electron chi connectivity index (χ1n) is 9.11. The Balaban J connectivity index is 1.83. The Morgan fingerprint density at radius 2 is 1.78 bits per heavy atom. The van der Waals surface area contributed by atoms with Crippen LogP contribution >= 0.6 is 0 Å². The minimum absolute atomic E-state index is 0.581. The average molecular weight is 371 g/mol. The minimum Gasteiger partial charge on any atom is -0.497 e. The second kappa shape index (κ2) is 11.0. The molecule has 0 radical (unpaired) electrons. The van der Waals surface area contributed by atoms with Gasteiger partial charge in [0.1, 0.15) is 5.75 Å². The number of hydrogen-bond acceptors (Lipinski definition) is 4. The highest BCUT2D eigenvalue weighted by molar-refractivity contribution is 5.93. The number of aliphatic imine (C=N–C) groups is 1. The lowest BCUT2D eigenvalue weighted by Crippen LogP contribution is -2.31. The van der Waals surface area contributed by atoms with E-state index < -0.39 is 0 Å². The molecule has 0 aromatic heterocycles. The number of benzene rings is 2. The number of methoxy groups -OCH3 is 2. The molecule has 0 saturated heterocycles. The molecule has 2 N–H and O–H groups in total. The van der Waals surface area contributed by atoms with Crippen molar-refractivity contribution in [2.45, 2.75) is 19.8 Å². The van der Waals surface area contributed by atoms with Crippen LogP contribution in [0.3, 0.4) is 0 Å². The van der Waals surface area contributed by atoms with Gasteiger partial charge >= 0.3 is 0 Å². The molecule has 2 aromatic rings. The standard InChI is InChI=1S/C21H29N3O3/c1-5-27-20-15-17(10-13-19(20)26-4)24-21(22-2)23-14-6-7-16-8-11-18(25-3)12-9-16/h8-13,15H,5-7,14H2,1-4H3,(H2,22,23,24). The van der Waals surface area contributed by atoms with E-state index in [1.54, 1.807) is 21.3 Å². The lowest BCUT2D eigenvalue weighted by molar-refractivity contribution is 0.311. The maximum atomic E-state index is 5.61. The largest absolute Gasteiger partial charge is 0.497 e. The zero-order valence-corrected chi connectivity index (χ0v) is 16.5. The van der Waals surface area contributed by atoms with Gasteiger partial charge in [-0.15, -0.1) is 0 Å². The zero-order valence-electron chi connectivity index (χ0n) is 16.5. The van der Waals surface area contributed by atoms with E-state index in [9.17, 15) is 0 Å². The number of nitrogens with one attached hydrogen (secondary N) is 2. The maximum Gasteiger partial charge on any atom is 0.195 e. The van der Waals surface area contributed by atoms with Gasteiger partial charge in [-0.25, -0.2) is 0 Å². The summed E-state index contributed by atoms with van der Waals surface area (Å²) < 4.78 is 16.1. The third-order valence-corrected chi connectivity index (χ3v) is 4.04. The SMILES string of the molecule is CCOc1cc(NC(=NC)NCCCc2ccc(OC)cc2)ccc1OC. The molecule has 0 unspecified atom stereocenters. The van der Waals surface area contributed by atoms with Crippen molar-refractivity contribution in [3.8, 4) is 17.2 Å². The number of nitrogens with zero attached hydrogens (tertiary/aromatic N) is 1. The van der Waals surface area contributed by atoms with Crippen LogP contribution in [0.1, 0.15) is 18.9 Å². The summed E-state index contributed by atoms with van der Waals surface area (Å²) in [5.41, 5.74) is 2.18. The van der Waals surface area contributed by atoms with Gasteiger partial charge < -0.3 is 24.8 Å². The van der Waals surface area contributed by atoms with Crippen LogP contribution in [0.2, 0.25) is 0 Å². The van der Waals surface area contributed by atoms with E-state index in [1.807, 2.05) is 37.3 Å². The molecule has 27 heavy (non-hydrogen) atoms. The summed E-state index contributed by atoms with van der Waals surface area (Å²) in [4.78, 5) is 4.27. The predicted molar refractivity (Wildman–Crippen MR) is 110 cm³/mol. The molecular weight excluding hydrogens is 342 g/mol. The van der Waals surface area contributed by atoms with Crippen LogP contribution in [0, 0.1) is 0 Å². The van der Waals surface area contributed by atoms with Gasteiger partial charge in [0.05, 0.1) is 20.8 Å². The highest BCUT2D eigenvalue weighted by atomic mass is 16.5. The molecular formula is C21H29N3O3. The van der Waals surface area contributed by atoms with E-state index >= 15 is 0 Å². The number of anilines is 1. The molecule has 0 bridgehead atoms. The first-order chi connectivity index (χ1) is 13.2. The molecule has 0 aliphatic heterocycles. The molecule has 0 amide bonds. The van der Waals surface area contributed by atoms with Crippen molar-refractivity contribution in [3.63, 3.8) is 0 Å². The molecule has 0 aliphatic carbocycles. The summed E-state index contributed by atoms with van der Waals surface area (Å²) in [7, 11) is 5.07. The van der Waals surface area contributed by atoms with Gasteiger partial charge in [0.15, 0.2) is 17.5 Å². The van der Waals surface area contributed by atoms with Gasteiger partial charge in [0.25, 0.3) is 0 Å². The molecule has 0 spiro atoms. The van der Waals surface area contributed by atoms with Crippen molar-refractivity contribution in [3.05, 3.63) is 48.0 Å². The van der Waals surface area contributed by atoms with Crippen LogP contribution in [-0.2, 0) is 6.42 Å². The third kappa shape index (κ3) is 6.40. The van der Waals surface area contributed by atoms with Crippen LogP contribution in [-0.4, -0.2) is 40.4 Å². The van der Waals surface area contributed by atoms with Crippen LogP contribution in [0.5, 0.6) is 17.2 Å². The lowest BCUT2D eigenvalue weighted by atomic mass is 10.1. The summed E-state index contributed by atoms with van der Waals surface area (Å²) in [6.45, 7) is 3.35. The van der Waals surface area contributed by atoms with Gasteiger partial charge in [-0.3, -0.25) is 4.99 Å². The van der Waals surface area contributed by atoms with Crippen LogP contribution in [0.15, 0.2) is 47.5 Å². The fourth-order valence-corrected chi connectivity index (χ4v) is 2.63. The Hall–Kier alpha value is -2.89. The van der Waals surface area contributed by atoms with E-state index in [-0.39, 0.29) is 0 Å². The molecule has 0 atom stereocenters. The van der Waals surface area contributed by atoms with Crippen LogP contribution in [0.4, 0.5) is 5.69 Å². The molecule has 0 fully saturated rings. The van der Waals surface area contributed by atoms with Crippen LogP contribution in [0.25, 0.3) is 0 Å². The molecule has 6 heteroatoms. The second-order valence-corrected chi connectivity index (χ2v) is 5.87. The Labute approximate surface area is 161 Å². The molecule has 2 aromatic carbocycles. The second-order valence-electron chi connectivity index (χ2n) is 5.87. The summed E-state index contributed by atoms with van der Waals surface area (Å²) in [6.07, 6.45) is 1.99. The number of guanidine groups is 1. The Kier molecular flexibility index (Phi) is 8.29. The predicted octanol–water partition coefficient (Wildman–Crippen LogP) is 3.72. The fraction of sp³-hybridized carbons (Fsp3) is 0.381. The number of aryl methyl sites for hydroxylation is 1. The van der Waals surface area contributed by atoms with Gasteiger partial charge in [-0.05, 0) is 49.6 Å². The molecule has 0 saturated carbocycles. The lowest BCUT2D eigenvalue weighted by Gasteiger charge is -2.14. The molecule has 6 nitrogen and oxygen atoms in total. The van der Waals surface area contributed by atoms with Gasteiger partial charge in [0, 0.05) is 25.3 Å². The molecule has 0 aliphatic rings. The smallest absolute Gasteiger partial charge is 0.195 e. The topological polar surface area (TPSA) is 64.1 Å². The highest BCUT2D eigenvalue weighted by Gasteiger charge is 2.07. The van der Waals surface area contributed by atoms with Crippen molar-refractivity contribution in [1.82, 2.24) is 5.32 Å². The Morgan fingerprint density at radius 1 is 1.00 bits per heavy atom. The quantitative estimate of drug-likeness (QED) is 0.400. The summed E-state index contributed by atoms with van der Waals surface area (Å²) >= 11 is 0. The highest BCUT2D eigenvalue weighted by Crippen LogP contribution is 2.30. The third-order valence-electron chi connectivity index (χ3n) is 4.04. The van der Waals surface area contributed by atoms with Gasteiger partial charge in [-0.1, -0.05) is 12.1 Å². The maximum absolute atomic E-state index is 5.61. The van der Waals surface area contributed by atoms with E-state index in [0.29, 0.717) is 18.1 Å². The van der Waals surface area contributed by atoms with Crippen molar-refractivity contribution < 1.29 is 14.2 Å². The van der Waals surface area contributed by atoms with E-state index in [4.69, 9.17) is 14.2 Å². The van der Waals surface area contributed by atoms with Gasteiger partial charge in [0.2, 0.25) is 0 Å². The summed E-state index contributed by atoms with van der Waals surface area (Å²) in [6, 6.07) is 13.9. The first-order valence-corrected chi connectivity index (χ1v) is 9.11. The zero-order chi connectivity index (χ0) is 19.5. The van der Waals surface area contributed by atoms with Crippen molar-refractivity contribution in [2.24, 2.45) is 4.99 Å². The number of rotatable bonds is 9. The number of hydrogen-bond donors (Lipinski definition) is 2. The summed E-state index contributed by atoms with van der Waals surface area (Å²) in [5, 5.41) is 6.61. The van der Waals surface area contributed by atoms with E-state index in [2.05, 4.69) is 27.8 Å². The monoisotopic (exact) mass is 371 g/mol. The molecule has 0 heterocycles. The first kappa shape index (κ1) is 20.4. The molecule has 2 rings (SSSR count). The minimum atomic E-state index is 0.581. The van der Waals surface area contributed by atoms with Crippen LogP contribution < -0.4 is 24.8 Å². The van der Waals surface area contributed by atoms with Gasteiger partial charge in [-0.2, -0.15) is 0 Å². The van der Waals surface area contributed by atoms with Crippen molar-refractivity contribution in [1.29, 1.82) is 0 Å². The Morgan fingerprint density at radius 3 is 2.41 bits per heavy atom. The fourth-order valence-electron chi connectivity index (χ4n) is 2.63. The molecule has 146 valence electrons. The van der Waals surface area contributed by atoms with Crippen molar-refractivity contribution >= 4 is 11.6 Å².